The van der Waals surface area contributed by atoms with Gasteiger partial charge in [-0.3, -0.25) is 9.69 Å². The summed E-state index contributed by atoms with van der Waals surface area (Å²) in [5, 5.41) is 8.70. The van der Waals surface area contributed by atoms with Crippen LogP contribution in [0.25, 0.3) is 11.5 Å². The predicted octanol–water partition coefficient (Wildman–Crippen LogP) is 2.39. The van der Waals surface area contributed by atoms with E-state index in [1.807, 2.05) is 0 Å². The molecule has 21 heavy (non-hydrogen) atoms. The zero-order valence-corrected chi connectivity index (χ0v) is 11.3. The summed E-state index contributed by atoms with van der Waals surface area (Å²) in [5.74, 6) is -0.353. The normalized spacial score (nSPS) is 15.9. The van der Waals surface area contributed by atoms with E-state index in [0.29, 0.717) is 12.4 Å². The number of hydrogen-bond acceptors (Lipinski definition) is 4. The second-order valence-electron chi connectivity index (χ2n) is 5.31. The molecular formula is C15H15FN2O3. The van der Waals surface area contributed by atoms with E-state index in [-0.39, 0.29) is 18.2 Å². The molecule has 1 aromatic carbocycles. The highest BCUT2D eigenvalue weighted by Gasteiger charge is 2.29. The highest BCUT2D eigenvalue weighted by Crippen LogP contribution is 2.23. The predicted molar refractivity (Wildman–Crippen MR) is 72.9 cm³/mol. The van der Waals surface area contributed by atoms with Gasteiger partial charge in [0.1, 0.15) is 12.1 Å². The maximum absolute atomic E-state index is 12.9. The van der Waals surface area contributed by atoms with Crippen LogP contribution in [0.3, 0.4) is 0 Å². The Bertz CT molecular complexity index is 633. The number of oxazole rings is 1. The van der Waals surface area contributed by atoms with Crippen LogP contribution in [0, 0.1) is 11.7 Å². The first-order valence-corrected chi connectivity index (χ1v) is 6.74. The third kappa shape index (κ3) is 3.28. The fourth-order valence-corrected chi connectivity index (χ4v) is 2.52. The first-order valence-electron chi connectivity index (χ1n) is 6.74. The molecular weight excluding hydrogens is 275 g/mol. The summed E-state index contributed by atoms with van der Waals surface area (Å²) in [5.41, 5.74) is 1.53. The number of nitrogens with zero attached hydrogens (tertiary/aromatic N) is 2. The number of benzene rings is 1. The third-order valence-corrected chi connectivity index (χ3v) is 3.52. The molecule has 0 spiro atoms. The van der Waals surface area contributed by atoms with E-state index >= 15 is 0 Å². The number of likely N-dealkylation sites (tertiary alicyclic amines) is 1. The van der Waals surface area contributed by atoms with Crippen LogP contribution in [-0.2, 0) is 11.3 Å². The molecule has 0 radical (unpaired) electrons. The Hall–Kier alpha value is -2.21. The van der Waals surface area contributed by atoms with Crippen molar-refractivity contribution in [2.75, 3.05) is 13.1 Å². The van der Waals surface area contributed by atoms with Gasteiger partial charge < -0.3 is 9.52 Å². The summed E-state index contributed by atoms with van der Waals surface area (Å²) < 4.78 is 18.3. The zero-order valence-electron chi connectivity index (χ0n) is 11.3. The number of carboxylic acid groups (broad SMARTS) is 1. The lowest BCUT2D eigenvalue weighted by Gasteiger charge is -2.37. The standard InChI is InChI=1S/C15H15FN2O3/c16-12-3-1-11(2-4-12)15-17-13(9-21-15)8-18-6-10(7-18)5-14(19)20/h1-4,9-10H,5-8H2,(H,19,20). The van der Waals surface area contributed by atoms with Crippen molar-refractivity contribution in [2.24, 2.45) is 5.92 Å². The average Bonchev–Trinajstić information content (AvgIpc) is 2.85. The van der Waals surface area contributed by atoms with Crippen molar-refractivity contribution in [2.45, 2.75) is 13.0 Å². The molecule has 0 saturated carbocycles. The molecule has 3 rings (SSSR count). The van der Waals surface area contributed by atoms with Gasteiger partial charge in [-0.15, -0.1) is 0 Å². The van der Waals surface area contributed by atoms with Crippen LogP contribution in [-0.4, -0.2) is 34.0 Å². The molecule has 1 aliphatic heterocycles. The molecule has 1 aliphatic rings. The summed E-state index contributed by atoms with van der Waals surface area (Å²) in [6.07, 6.45) is 1.80. The number of halogens is 1. The SMILES string of the molecule is O=C(O)CC1CN(Cc2coc(-c3ccc(F)cc3)n2)C1. The lowest BCUT2D eigenvalue weighted by atomic mass is 9.96. The van der Waals surface area contributed by atoms with E-state index < -0.39 is 5.97 Å². The highest BCUT2D eigenvalue weighted by atomic mass is 19.1. The topological polar surface area (TPSA) is 66.6 Å². The van der Waals surface area contributed by atoms with E-state index in [4.69, 9.17) is 9.52 Å². The minimum absolute atomic E-state index is 0.218. The van der Waals surface area contributed by atoms with Gasteiger partial charge in [0.25, 0.3) is 0 Å². The molecule has 1 N–H and O–H groups in total. The molecule has 5 nitrogen and oxygen atoms in total. The van der Waals surface area contributed by atoms with Gasteiger partial charge in [-0.1, -0.05) is 0 Å². The van der Waals surface area contributed by atoms with Crippen molar-refractivity contribution >= 4 is 5.97 Å². The summed E-state index contributed by atoms with van der Waals surface area (Å²) >= 11 is 0. The average molecular weight is 290 g/mol. The molecule has 2 heterocycles. The number of hydrogen-bond donors (Lipinski definition) is 1. The van der Waals surface area contributed by atoms with Crippen LogP contribution in [0.1, 0.15) is 12.1 Å². The minimum Gasteiger partial charge on any atom is -0.481 e. The van der Waals surface area contributed by atoms with E-state index in [0.717, 1.165) is 24.3 Å². The molecule has 0 unspecified atom stereocenters. The molecule has 1 aromatic heterocycles. The van der Waals surface area contributed by atoms with Crippen molar-refractivity contribution in [3.63, 3.8) is 0 Å². The number of carboxylic acids is 1. The van der Waals surface area contributed by atoms with Gasteiger partial charge in [-0.25, -0.2) is 9.37 Å². The second-order valence-corrected chi connectivity index (χ2v) is 5.31. The molecule has 0 atom stereocenters. The van der Waals surface area contributed by atoms with E-state index in [2.05, 4.69) is 9.88 Å². The minimum atomic E-state index is -0.750. The number of rotatable bonds is 5. The number of carbonyl (C=O) groups is 1. The highest BCUT2D eigenvalue weighted by molar-refractivity contribution is 5.67. The first-order chi connectivity index (χ1) is 10.1. The van der Waals surface area contributed by atoms with Crippen molar-refractivity contribution in [3.8, 4) is 11.5 Å². The van der Waals surface area contributed by atoms with Gasteiger partial charge in [0.05, 0.1) is 12.1 Å². The lowest BCUT2D eigenvalue weighted by molar-refractivity contribution is -0.139. The van der Waals surface area contributed by atoms with Crippen LogP contribution in [0.2, 0.25) is 0 Å². The van der Waals surface area contributed by atoms with Gasteiger partial charge in [-0.05, 0) is 30.2 Å². The molecule has 110 valence electrons. The smallest absolute Gasteiger partial charge is 0.303 e. The maximum Gasteiger partial charge on any atom is 0.303 e. The van der Waals surface area contributed by atoms with Crippen LogP contribution >= 0.6 is 0 Å². The first kappa shape index (κ1) is 13.8. The molecule has 0 bridgehead atoms. The molecule has 6 heteroatoms. The van der Waals surface area contributed by atoms with Gasteiger partial charge in [0.15, 0.2) is 0 Å². The van der Waals surface area contributed by atoms with E-state index in [9.17, 15) is 9.18 Å². The molecule has 0 aliphatic carbocycles. The lowest BCUT2D eigenvalue weighted by Crippen LogP contribution is -2.46. The van der Waals surface area contributed by atoms with Crippen LogP contribution in [0.4, 0.5) is 4.39 Å². The van der Waals surface area contributed by atoms with Crippen molar-refractivity contribution in [3.05, 3.63) is 42.0 Å². The Labute approximate surface area is 121 Å². The van der Waals surface area contributed by atoms with Crippen LogP contribution in [0.15, 0.2) is 34.9 Å². The summed E-state index contributed by atoms with van der Waals surface area (Å²) in [6.45, 7) is 2.18. The molecule has 2 aromatic rings. The number of aromatic nitrogens is 1. The zero-order chi connectivity index (χ0) is 14.8. The Morgan fingerprint density at radius 3 is 2.76 bits per heavy atom. The molecule has 1 fully saturated rings. The Kier molecular flexibility index (Phi) is 3.70. The summed E-state index contributed by atoms with van der Waals surface area (Å²) in [4.78, 5) is 17.1. The van der Waals surface area contributed by atoms with Gasteiger partial charge in [0, 0.05) is 25.2 Å². The molecule has 1 saturated heterocycles. The monoisotopic (exact) mass is 290 g/mol. The number of aliphatic carboxylic acids is 1. The Balaban J connectivity index is 1.57. The van der Waals surface area contributed by atoms with Gasteiger partial charge in [0.2, 0.25) is 5.89 Å². The fourth-order valence-electron chi connectivity index (χ4n) is 2.52. The second kappa shape index (κ2) is 5.65. The van der Waals surface area contributed by atoms with E-state index in [1.165, 1.54) is 12.1 Å². The quantitative estimate of drug-likeness (QED) is 0.915. The Morgan fingerprint density at radius 1 is 1.38 bits per heavy atom. The van der Waals surface area contributed by atoms with Crippen LogP contribution < -0.4 is 0 Å². The largest absolute Gasteiger partial charge is 0.481 e. The Morgan fingerprint density at radius 2 is 2.10 bits per heavy atom. The van der Waals surface area contributed by atoms with Gasteiger partial charge in [-0.2, -0.15) is 0 Å². The molecule has 0 amide bonds. The summed E-state index contributed by atoms with van der Waals surface area (Å²) in [7, 11) is 0. The maximum atomic E-state index is 12.9. The van der Waals surface area contributed by atoms with Crippen molar-refractivity contribution in [1.29, 1.82) is 0 Å². The van der Waals surface area contributed by atoms with Crippen LogP contribution in [0.5, 0.6) is 0 Å². The van der Waals surface area contributed by atoms with E-state index in [1.54, 1.807) is 18.4 Å². The fraction of sp³-hybridized carbons (Fsp3) is 0.333. The summed E-state index contributed by atoms with van der Waals surface area (Å²) in [6, 6.07) is 5.98. The van der Waals surface area contributed by atoms with Gasteiger partial charge >= 0.3 is 5.97 Å². The van der Waals surface area contributed by atoms with Crippen molar-refractivity contribution < 1.29 is 18.7 Å². The third-order valence-electron chi connectivity index (χ3n) is 3.52. The van der Waals surface area contributed by atoms with Crippen molar-refractivity contribution in [1.82, 2.24) is 9.88 Å².